The van der Waals surface area contributed by atoms with Gasteiger partial charge in [-0.2, -0.15) is 5.26 Å². The molecule has 22 heavy (non-hydrogen) atoms. The summed E-state index contributed by atoms with van der Waals surface area (Å²) >= 11 is 5.98. The third-order valence-corrected chi connectivity index (χ3v) is 3.79. The Kier molecular flexibility index (Phi) is 6.30. The van der Waals surface area contributed by atoms with Crippen LogP contribution in [0.5, 0.6) is 5.75 Å². The van der Waals surface area contributed by atoms with E-state index in [0.29, 0.717) is 11.6 Å². The Labute approximate surface area is 137 Å². The normalized spacial score (nSPS) is 11.7. The molecule has 0 aliphatic rings. The number of aryl methyl sites for hydroxylation is 1. The summed E-state index contributed by atoms with van der Waals surface area (Å²) in [7, 11) is 0. The van der Waals surface area contributed by atoms with Crippen molar-refractivity contribution in [2.75, 3.05) is 6.61 Å². The second-order valence-corrected chi connectivity index (χ2v) is 5.83. The minimum absolute atomic E-state index is 0.0994. The van der Waals surface area contributed by atoms with Gasteiger partial charge in [0.05, 0.1) is 18.6 Å². The number of ether oxygens (including phenoxy) is 1. The highest BCUT2D eigenvalue weighted by Crippen LogP contribution is 2.24. The van der Waals surface area contributed by atoms with Crippen LogP contribution in [0.4, 0.5) is 0 Å². The zero-order valence-electron chi connectivity index (χ0n) is 12.8. The van der Waals surface area contributed by atoms with Crippen molar-refractivity contribution in [1.29, 1.82) is 5.26 Å². The van der Waals surface area contributed by atoms with Crippen molar-refractivity contribution in [3.05, 3.63) is 64.7 Å². The van der Waals surface area contributed by atoms with Gasteiger partial charge in [0.25, 0.3) is 0 Å². The van der Waals surface area contributed by atoms with Crippen molar-refractivity contribution in [2.45, 2.75) is 32.1 Å². The van der Waals surface area contributed by atoms with Crippen LogP contribution in [0.15, 0.2) is 48.5 Å². The van der Waals surface area contributed by atoms with Crippen LogP contribution < -0.4 is 4.74 Å². The molecule has 0 amide bonds. The first-order chi connectivity index (χ1) is 10.7. The van der Waals surface area contributed by atoms with Crippen molar-refractivity contribution < 1.29 is 4.74 Å². The van der Waals surface area contributed by atoms with E-state index in [2.05, 4.69) is 19.1 Å². The van der Waals surface area contributed by atoms with Crippen molar-refractivity contribution in [2.24, 2.45) is 0 Å². The fourth-order valence-electron chi connectivity index (χ4n) is 2.37. The summed E-state index contributed by atoms with van der Waals surface area (Å²) in [5.74, 6) is 0.810. The monoisotopic (exact) mass is 313 g/mol. The van der Waals surface area contributed by atoms with E-state index in [-0.39, 0.29) is 5.92 Å². The fourth-order valence-corrected chi connectivity index (χ4v) is 2.57. The lowest BCUT2D eigenvalue weighted by molar-refractivity contribution is 0.304. The Morgan fingerprint density at radius 1 is 1.14 bits per heavy atom. The van der Waals surface area contributed by atoms with Crippen LogP contribution in [0.2, 0.25) is 5.02 Å². The standard InChI is InChI=1S/C19H20ClNO/c1-15-6-4-10-19(12-15)22-11-3-2-7-17(14-21)16-8-5-9-18(20)13-16/h4-6,8-10,12-13,17H,2-3,7,11H2,1H3. The van der Waals surface area contributed by atoms with Gasteiger partial charge in [-0.3, -0.25) is 0 Å². The van der Waals surface area contributed by atoms with E-state index in [1.54, 1.807) is 0 Å². The van der Waals surface area contributed by atoms with Gasteiger partial charge in [0.1, 0.15) is 5.75 Å². The number of rotatable bonds is 7. The molecule has 2 aromatic rings. The molecule has 0 aliphatic carbocycles. The van der Waals surface area contributed by atoms with E-state index in [0.717, 1.165) is 30.6 Å². The quantitative estimate of drug-likeness (QED) is 0.632. The molecule has 0 radical (unpaired) electrons. The second-order valence-electron chi connectivity index (χ2n) is 5.40. The van der Waals surface area contributed by atoms with Crippen molar-refractivity contribution in [3.8, 4) is 11.8 Å². The molecule has 2 aromatic carbocycles. The lowest BCUT2D eigenvalue weighted by Gasteiger charge is -2.10. The first kappa shape index (κ1) is 16.4. The molecule has 2 nitrogen and oxygen atoms in total. The summed E-state index contributed by atoms with van der Waals surface area (Å²) in [4.78, 5) is 0. The van der Waals surface area contributed by atoms with Gasteiger partial charge in [-0.15, -0.1) is 0 Å². The SMILES string of the molecule is Cc1cccc(OCCCCC(C#N)c2cccc(Cl)c2)c1. The van der Waals surface area contributed by atoms with Gasteiger partial charge in [-0.1, -0.05) is 35.9 Å². The van der Waals surface area contributed by atoms with Crippen LogP contribution in [0, 0.1) is 18.3 Å². The zero-order chi connectivity index (χ0) is 15.8. The van der Waals surface area contributed by atoms with Gasteiger partial charge in [-0.05, 0) is 61.6 Å². The average molecular weight is 314 g/mol. The van der Waals surface area contributed by atoms with Crippen LogP contribution in [-0.2, 0) is 0 Å². The Morgan fingerprint density at radius 3 is 2.68 bits per heavy atom. The molecule has 0 heterocycles. The molecular weight excluding hydrogens is 294 g/mol. The van der Waals surface area contributed by atoms with Gasteiger partial charge in [0.2, 0.25) is 0 Å². The van der Waals surface area contributed by atoms with Gasteiger partial charge in [0.15, 0.2) is 0 Å². The predicted molar refractivity (Wildman–Crippen MR) is 90.3 cm³/mol. The summed E-state index contributed by atoms with van der Waals surface area (Å²) in [6, 6.07) is 18.0. The molecule has 114 valence electrons. The fraction of sp³-hybridized carbons (Fsp3) is 0.316. The summed E-state index contributed by atoms with van der Waals surface area (Å²) in [5, 5.41) is 9.99. The topological polar surface area (TPSA) is 33.0 Å². The molecule has 0 bridgehead atoms. The number of benzene rings is 2. The largest absolute Gasteiger partial charge is 0.494 e. The number of hydrogen-bond donors (Lipinski definition) is 0. The molecule has 0 fully saturated rings. The summed E-state index contributed by atoms with van der Waals surface area (Å²) in [6.45, 7) is 2.73. The first-order valence-electron chi connectivity index (χ1n) is 7.53. The number of halogens is 1. The van der Waals surface area contributed by atoms with E-state index in [1.807, 2.05) is 42.5 Å². The van der Waals surface area contributed by atoms with Crippen LogP contribution in [0.3, 0.4) is 0 Å². The van der Waals surface area contributed by atoms with Crippen LogP contribution >= 0.6 is 11.6 Å². The highest BCUT2D eigenvalue weighted by molar-refractivity contribution is 6.30. The maximum Gasteiger partial charge on any atom is 0.119 e. The molecular formula is C19H20ClNO. The third-order valence-electron chi connectivity index (χ3n) is 3.55. The summed E-state index contributed by atoms with van der Waals surface area (Å²) in [6.07, 6.45) is 2.72. The molecule has 3 heteroatoms. The van der Waals surface area contributed by atoms with E-state index in [1.165, 1.54) is 5.56 Å². The molecule has 0 aliphatic heterocycles. The Morgan fingerprint density at radius 2 is 1.95 bits per heavy atom. The Bertz CT molecular complexity index is 648. The van der Waals surface area contributed by atoms with E-state index in [9.17, 15) is 5.26 Å². The minimum Gasteiger partial charge on any atom is -0.494 e. The molecule has 0 N–H and O–H groups in total. The van der Waals surface area contributed by atoms with Crippen molar-refractivity contribution in [1.82, 2.24) is 0 Å². The third kappa shape index (κ3) is 5.09. The maximum atomic E-state index is 9.31. The number of unbranched alkanes of at least 4 members (excludes halogenated alkanes) is 1. The van der Waals surface area contributed by atoms with Gasteiger partial charge >= 0.3 is 0 Å². The highest BCUT2D eigenvalue weighted by atomic mass is 35.5. The number of nitrogens with zero attached hydrogens (tertiary/aromatic N) is 1. The van der Waals surface area contributed by atoms with Gasteiger partial charge < -0.3 is 4.74 Å². The van der Waals surface area contributed by atoms with Gasteiger partial charge in [-0.25, -0.2) is 0 Å². The van der Waals surface area contributed by atoms with E-state index in [4.69, 9.17) is 16.3 Å². The molecule has 1 atom stereocenters. The molecule has 2 rings (SSSR count). The van der Waals surface area contributed by atoms with Crippen LogP contribution in [-0.4, -0.2) is 6.61 Å². The maximum absolute atomic E-state index is 9.31. The Hall–Kier alpha value is -1.98. The predicted octanol–water partition coefficient (Wildman–Crippen LogP) is 5.50. The summed E-state index contributed by atoms with van der Waals surface area (Å²) < 4.78 is 5.72. The van der Waals surface area contributed by atoms with E-state index < -0.39 is 0 Å². The number of nitriles is 1. The molecule has 0 saturated carbocycles. The highest BCUT2D eigenvalue weighted by Gasteiger charge is 2.10. The van der Waals surface area contributed by atoms with Crippen LogP contribution in [0.1, 0.15) is 36.3 Å². The molecule has 0 aromatic heterocycles. The molecule has 0 saturated heterocycles. The number of hydrogen-bond acceptors (Lipinski definition) is 2. The zero-order valence-corrected chi connectivity index (χ0v) is 13.5. The summed E-state index contributed by atoms with van der Waals surface area (Å²) in [5.41, 5.74) is 2.19. The van der Waals surface area contributed by atoms with Gasteiger partial charge in [0, 0.05) is 5.02 Å². The second kappa shape index (κ2) is 8.46. The van der Waals surface area contributed by atoms with Crippen LogP contribution in [0.25, 0.3) is 0 Å². The van der Waals surface area contributed by atoms with E-state index >= 15 is 0 Å². The minimum atomic E-state index is -0.0994. The first-order valence-corrected chi connectivity index (χ1v) is 7.91. The van der Waals surface area contributed by atoms with Crippen molar-refractivity contribution >= 4 is 11.6 Å². The lowest BCUT2D eigenvalue weighted by atomic mass is 9.95. The molecule has 1 unspecified atom stereocenters. The Balaban J connectivity index is 1.74. The lowest BCUT2D eigenvalue weighted by Crippen LogP contribution is -2.00. The smallest absolute Gasteiger partial charge is 0.119 e. The van der Waals surface area contributed by atoms with Crippen molar-refractivity contribution in [3.63, 3.8) is 0 Å². The average Bonchev–Trinajstić information content (AvgIpc) is 2.51. The molecule has 0 spiro atoms.